The van der Waals surface area contributed by atoms with Crippen LogP contribution in [0.4, 0.5) is 24.5 Å². The number of aromatic carboxylic acids is 1. The van der Waals surface area contributed by atoms with Crippen LogP contribution >= 0.6 is 0 Å². The third-order valence-electron chi connectivity index (χ3n) is 8.40. The lowest BCUT2D eigenvalue weighted by molar-refractivity contribution is -0.126. The van der Waals surface area contributed by atoms with Crippen molar-refractivity contribution in [2.45, 2.75) is 25.4 Å². The highest BCUT2D eigenvalue weighted by molar-refractivity contribution is 6.31. The minimum Gasteiger partial charge on any atom is -0.478 e. The fourth-order valence-electron chi connectivity index (χ4n) is 6.21. The lowest BCUT2D eigenvalue weighted by Gasteiger charge is -2.30. The van der Waals surface area contributed by atoms with Gasteiger partial charge in [-0.3, -0.25) is 9.59 Å². The highest BCUT2D eigenvalue weighted by Gasteiger charge is 2.49. The SMILES string of the molecule is CC1(C)/C(=C\C=C2/C(=O)N(c3ccc(C(=O)O)cc3)C(=O)C(C#N)=C2C(F)(F)F)N(COc2ccccc2)c2ccc3ccccc3c21. The number of hydrogen-bond donors (Lipinski definition) is 1. The number of allylic oxidation sites excluding steroid dienone is 3. The Morgan fingerprint density at radius 2 is 1.58 bits per heavy atom. The summed E-state index contributed by atoms with van der Waals surface area (Å²) in [5, 5.41) is 20.9. The molecule has 48 heavy (non-hydrogen) atoms. The molecule has 1 N–H and O–H groups in total. The molecule has 2 heterocycles. The Morgan fingerprint density at radius 1 is 0.917 bits per heavy atom. The van der Waals surface area contributed by atoms with E-state index in [-0.39, 0.29) is 18.0 Å². The molecule has 0 unspecified atom stereocenters. The topological polar surface area (TPSA) is 111 Å². The van der Waals surface area contributed by atoms with Crippen LogP contribution in [0.5, 0.6) is 5.75 Å². The zero-order valence-corrected chi connectivity index (χ0v) is 25.6. The van der Waals surface area contributed by atoms with Gasteiger partial charge < -0.3 is 14.7 Å². The summed E-state index contributed by atoms with van der Waals surface area (Å²) in [5.41, 5.74) is -2.86. The Balaban J connectivity index is 1.53. The number of amides is 2. The fourth-order valence-corrected chi connectivity index (χ4v) is 6.21. The van der Waals surface area contributed by atoms with Gasteiger partial charge in [0.15, 0.2) is 6.73 Å². The molecule has 2 aliphatic rings. The van der Waals surface area contributed by atoms with Crippen molar-refractivity contribution in [3.63, 3.8) is 0 Å². The van der Waals surface area contributed by atoms with E-state index in [1.165, 1.54) is 12.1 Å². The molecule has 2 amide bonds. The average molecular weight is 650 g/mol. The van der Waals surface area contributed by atoms with Crippen molar-refractivity contribution in [3.05, 3.63) is 137 Å². The molecule has 6 rings (SSSR count). The van der Waals surface area contributed by atoms with E-state index >= 15 is 0 Å². The van der Waals surface area contributed by atoms with Gasteiger partial charge in [0.25, 0.3) is 11.8 Å². The molecular weight excluding hydrogens is 623 g/mol. The quantitative estimate of drug-likeness (QED) is 0.171. The third kappa shape index (κ3) is 5.37. The minimum absolute atomic E-state index is 0.0202. The molecule has 0 fully saturated rings. The van der Waals surface area contributed by atoms with Gasteiger partial charge in [-0.1, -0.05) is 62.4 Å². The Kier molecular flexibility index (Phi) is 7.88. The number of halogens is 3. The first-order valence-electron chi connectivity index (χ1n) is 14.7. The molecule has 0 bridgehead atoms. The van der Waals surface area contributed by atoms with E-state index in [2.05, 4.69) is 0 Å². The van der Waals surface area contributed by atoms with E-state index in [1.807, 2.05) is 61.2 Å². The van der Waals surface area contributed by atoms with Crippen molar-refractivity contribution in [2.24, 2.45) is 0 Å². The van der Waals surface area contributed by atoms with Gasteiger partial charge in [-0.2, -0.15) is 18.4 Å². The monoisotopic (exact) mass is 649 g/mol. The third-order valence-corrected chi connectivity index (χ3v) is 8.40. The van der Waals surface area contributed by atoms with Crippen molar-refractivity contribution < 1.29 is 37.4 Å². The number of anilines is 2. The molecular formula is C37H26F3N3O5. The number of ether oxygens (including phenoxy) is 1. The number of carboxylic acid groups (broad SMARTS) is 1. The van der Waals surface area contributed by atoms with Crippen LogP contribution in [0.3, 0.4) is 0 Å². The van der Waals surface area contributed by atoms with Crippen molar-refractivity contribution in [1.29, 1.82) is 5.26 Å². The highest BCUT2D eigenvalue weighted by atomic mass is 19.4. The summed E-state index contributed by atoms with van der Waals surface area (Å²) < 4.78 is 49.8. The number of fused-ring (bicyclic) bond motifs is 3. The van der Waals surface area contributed by atoms with Crippen LogP contribution in [0.2, 0.25) is 0 Å². The van der Waals surface area contributed by atoms with E-state index in [0.717, 1.165) is 52.4 Å². The van der Waals surface area contributed by atoms with Crippen LogP contribution in [-0.4, -0.2) is 35.8 Å². The van der Waals surface area contributed by atoms with E-state index < -0.39 is 46.1 Å². The van der Waals surface area contributed by atoms with E-state index in [9.17, 15) is 37.9 Å². The number of rotatable bonds is 6. The van der Waals surface area contributed by atoms with Crippen molar-refractivity contribution >= 4 is 39.9 Å². The summed E-state index contributed by atoms with van der Waals surface area (Å²) in [6.07, 6.45) is -2.87. The smallest absolute Gasteiger partial charge is 0.418 e. The summed E-state index contributed by atoms with van der Waals surface area (Å²) in [6, 6.07) is 26.3. The van der Waals surface area contributed by atoms with Gasteiger partial charge in [-0.25, -0.2) is 9.69 Å². The number of carbonyl (C=O) groups excluding carboxylic acids is 2. The van der Waals surface area contributed by atoms with Crippen molar-refractivity contribution in [3.8, 4) is 11.8 Å². The maximum absolute atomic E-state index is 14.6. The van der Waals surface area contributed by atoms with Gasteiger partial charge in [-0.15, -0.1) is 0 Å². The van der Waals surface area contributed by atoms with Gasteiger partial charge >= 0.3 is 12.1 Å². The summed E-state index contributed by atoms with van der Waals surface area (Å²) in [4.78, 5) is 40.7. The first-order valence-corrected chi connectivity index (χ1v) is 14.7. The molecule has 0 saturated carbocycles. The van der Waals surface area contributed by atoms with E-state index in [1.54, 1.807) is 24.3 Å². The number of carbonyl (C=O) groups is 3. The fraction of sp³-hybridized carbons (Fsp3) is 0.135. The standard InChI is InChI=1S/C37H26F3N3O5/c1-36(2)30(42(21-48-25-9-4-3-5-10-25)29-18-14-22-8-6-7-11-26(22)32(29)36)19-17-27-31(37(38,39)40)28(20-41)34(45)43(33(27)44)24-15-12-23(13-16-24)35(46)47/h3-19H,21H2,1-2H3,(H,46,47)/b27-17-,30-19+. The summed E-state index contributed by atoms with van der Waals surface area (Å²) in [5.74, 6) is -3.51. The average Bonchev–Trinajstić information content (AvgIpc) is 3.28. The van der Waals surface area contributed by atoms with Crippen LogP contribution in [0, 0.1) is 11.3 Å². The van der Waals surface area contributed by atoms with Crippen LogP contribution in [-0.2, 0) is 15.0 Å². The molecule has 0 radical (unpaired) electrons. The Bertz CT molecular complexity index is 2130. The zero-order valence-electron chi connectivity index (χ0n) is 25.6. The molecule has 4 aromatic carbocycles. The summed E-state index contributed by atoms with van der Waals surface area (Å²) in [7, 11) is 0. The van der Waals surface area contributed by atoms with Crippen LogP contribution in [0.1, 0.15) is 29.8 Å². The molecule has 0 saturated heterocycles. The molecule has 0 spiro atoms. The maximum atomic E-state index is 14.6. The number of carboxylic acids is 1. The van der Waals surface area contributed by atoms with Gasteiger partial charge in [-0.05, 0) is 71.0 Å². The molecule has 8 nitrogen and oxygen atoms in total. The van der Waals surface area contributed by atoms with Crippen LogP contribution in [0.15, 0.2) is 126 Å². The second kappa shape index (κ2) is 11.9. The number of nitriles is 1. The molecule has 11 heteroatoms. The largest absolute Gasteiger partial charge is 0.478 e. The summed E-state index contributed by atoms with van der Waals surface area (Å²) >= 11 is 0. The lowest BCUT2D eigenvalue weighted by atomic mass is 9.81. The lowest BCUT2D eigenvalue weighted by Crippen LogP contribution is -2.45. The molecule has 0 atom stereocenters. The van der Waals surface area contributed by atoms with Gasteiger partial charge in [0.2, 0.25) is 0 Å². The molecule has 2 aliphatic heterocycles. The minimum atomic E-state index is -5.24. The van der Waals surface area contributed by atoms with E-state index in [0.29, 0.717) is 16.3 Å². The Hall–Kier alpha value is -6.15. The number of nitrogens with zero attached hydrogens (tertiary/aromatic N) is 3. The van der Waals surface area contributed by atoms with Gasteiger partial charge in [0, 0.05) is 16.8 Å². The van der Waals surface area contributed by atoms with Crippen molar-refractivity contribution in [2.75, 3.05) is 16.5 Å². The predicted molar refractivity (Wildman–Crippen MR) is 172 cm³/mol. The van der Waals surface area contributed by atoms with Crippen LogP contribution in [0.25, 0.3) is 10.8 Å². The number of alkyl halides is 3. The number of para-hydroxylation sites is 1. The van der Waals surface area contributed by atoms with Crippen LogP contribution < -0.4 is 14.5 Å². The van der Waals surface area contributed by atoms with Gasteiger partial charge in [0.05, 0.1) is 22.4 Å². The normalized spacial score (nSPS) is 17.7. The van der Waals surface area contributed by atoms with Gasteiger partial charge in [0.1, 0.15) is 17.4 Å². The molecule has 0 aromatic heterocycles. The van der Waals surface area contributed by atoms with E-state index in [4.69, 9.17) is 4.74 Å². The maximum Gasteiger partial charge on any atom is 0.418 e. The Labute approximate surface area is 272 Å². The molecule has 240 valence electrons. The second-order valence-electron chi connectivity index (χ2n) is 11.6. The number of benzene rings is 4. The molecule has 4 aromatic rings. The Morgan fingerprint density at radius 3 is 2.23 bits per heavy atom. The number of hydrogen-bond acceptors (Lipinski definition) is 6. The predicted octanol–water partition coefficient (Wildman–Crippen LogP) is 7.44. The summed E-state index contributed by atoms with van der Waals surface area (Å²) in [6.45, 7) is 3.80. The first-order chi connectivity index (χ1) is 22.8. The first kappa shape index (κ1) is 31.8. The van der Waals surface area contributed by atoms with Crippen molar-refractivity contribution in [1.82, 2.24) is 0 Å². The molecule has 0 aliphatic carbocycles. The number of imide groups is 1. The zero-order chi connectivity index (χ0) is 34.4. The second-order valence-corrected chi connectivity index (χ2v) is 11.6. The highest BCUT2D eigenvalue weighted by Crippen LogP contribution is 2.51.